The summed E-state index contributed by atoms with van der Waals surface area (Å²) in [6.07, 6.45) is 2.11. The van der Waals surface area contributed by atoms with Crippen LogP contribution in [0.4, 0.5) is 5.69 Å². The van der Waals surface area contributed by atoms with E-state index in [4.69, 9.17) is 10.1 Å². The first-order chi connectivity index (χ1) is 6.38. The van der Waals surface area contributed by atoms with Gasteiger partial charge in [-0.3, -0.25) is 0 Å². The molecule has 68 valence electrons. The van der Waals surface area contributed by atoms with E-state index in [0.29, 0.717) is 18.0 Å². The Labute approximate surface area is 78.0 Å². The average Bonchev–Trinajstić information content (AvgIpc) is 2.19. The smallest absolute Gasteiger partial charge is 0.426 e. The molecular formula is C10H13N2O+. The highest BCUT2D eigenvalue weighted by Gasteiger charge is 2.12. The Morgan fingerprint density at radius 1 is 1.38 bits per heavy atom. The van der Waals surface area contributed by atoms with Crippen molar-refractivity contribution in [2.45, 2.75) is 19.8 Å². The summed E-state index contributed by atoms with van der Waals surface area (Å²) in [5.41, 5.74) is 0.485. The van der Waals surface area contributed by atoms with Crippen LogP contribution in [0.5, 0.6) is 5.75 Å². The third-order valence-corrected chi connectivity index (χ3v) is 1.73. The zero-order valence-corrected chi connectivity index (χ0v) is 7.73. The highest BCUT2D eigenvalue weighted by atomic mass is 16.5. The first kappa shape index (κ1) is 9.53. The zero-order chi connectivity index (χ0) is 9.52. The van der Waals surface area contributed by atoms with Gasteiger partial charge >= 0.3 is 5.69 Å². The lowest BCUT2D eigenvalue weighted by molar-refractivity contribution is 0.311. The molecule has 0 unspecified atom stereocenters. The lowest BCUT2D eigenvalue weighted by Crippen LogP contribution is -1.95. The van der Waals surface area contributed by atoms with Gasteiger partial charge in [-0.05, 0) is 12.5 Å². The number of hydrogen-bond acceptors (Lipinski definition) is 2. The average molecular weight is 177 g/mol. The summed E-state index contributed by atoms with van der Waals surface area (Å²) in [5.74, 6) is 0.637. The van der Waals surface area contributed by atoms with Crippen molar-refractivity contribution in [3.63, 3.8) is 0 Å². The number of hydrogen-bond donors (Lipinski definition) is 0. The molecule has 0 N–H and O–H groups in total. The normalized spacial score (nSPS) is 9.23. The van der Waals surface area contributed by atoms with Crippen molar-refractivity contribution in [3.8, 4) is 5.75 Å². The van der Waals surface area contributed by atoms with Crippen LogP contribution in [-0.2, 0) is 0 Å². The maximum absolute atomic E-state index is 8.62. The minimum atomic E-state index is 0.485. The number of ether oxygens (including phenoxy) is 1. The monoisotopic (exact) mass is 177 g/mol. The molecule has 0 saturated carbocycles. The summed E-state index contributed by atoms with van der Waals surface area (Å²) in [4.78, 5) is 3.12. The molecule has 3 nitrogen and oxygen atoms in total. The summed E-state index contributed by atoms with van der Waals surface area (Å²) in [5, 5.41) is 8.62. The van der Waals surface area contributed by atoms with Crippen molar-refractivity contribution >= 4 is 5.69 Å². The number of diazo groups is 1. The van der Waals surface area contributed by atoms with Gasteiger partial charge in [0, 0.05) is 6.07 Å². The number of unbranched alkanes of at least 4 members (excludes halogenated alkanes) is 1. The summed E-state index contributed by atoms with van der Waals surface area (Å²) in [7, 11) is 0. The van der Waals surface area contributed by atoms with Crippen LogP contribution in [0, 0.1) is 5.39 Å². The third-order valence-electron chi connectivity index (χ3n) is 1.73. The largest absolute Gasteiger partial charge is 0.486 e. The first-order valence-corrected chi connectivity index (χ1v) is 4.45. The Morgan fingerprint density at radius 2 is 2.15 bits per heavy atom. The fourth-order valence-corrected chi connectivity index (χ4v) is 0.988. The number of para-hydroxylation sites is 1. The van der Waals surface area contributed by atoms with Crippen molar-refractivity contribution in [2.24, 2.45) is 0 Å². The van der Waals surface area contributed by atoms with E-state index in [1.807, 2.05) is 12.1 Å². The molecule has 0 spiro atoms. The SMILES string of the molecule is CCCCOc1ccccc1[N+]#N. The molecule has 0 saturated heterocycles. The molecule has 0 aromatic heterocycles. The fraction of sp³-hybridized carbons (Fsp3) is 0.400. The summed E-state index contributed by atoms with van der Waals surface area (Å²) < 4.78 is 5.41. The second-order valence-corrected chi connectivity index (χ2v) is 2.77. The van der Waals surface area contributed by atoms with Gasteiger partial charge in [-0.1, -0.05) is 25.5 Å². The Hall–Kier alpha value is -1.56. The predicted molar refractivity (Wildman–Crippen MR) is 51.6 cm³/mol. The minimum Gasteiger partial charge on any atom is -0.486 e. The van der Waals surface area contributed by atoms with E-state index < -0.39 is 0 Å². The Balaban J connectivity index is 2.60. The number of rotatable bonds is 4. The van der Waals surface area contributed by atoms with Crippen LogP contribution >= 0.6 is 0 Å². The summed E-state index contributed by atoms with van der Waals surface area (Å²) in [6.45, 7) is 2.77. The van der Waals surface area contributed by atoms with Gasteiger partial charge in [-0.15, -0.1) is 0 Å². The van der Waals surface area contributed by atoms with E-state index in [0.717, 1.165) is 12.8 Å². The standard InChI is InChI=1S/C10H13N2O/c1-2-3-8-13-10-7-5-4-6-9(10)12-11/h4-7H,2-3,8H2,1H3/q+1. The first-order valence-electron chi connectivity index (χ1n) is 4.45. The van der Waals surface area contributed by atoms with Gasteiger partial charge < -0.3 is 4.74 Å². The Kier molecular flexibility index (Phi) is 3.77. The van der Waals surface area contributed by atoms with Gasteiger partial charge in [0.1, 0.15) is 0 Å². The molecule has 0 aliphatic heterocycles. The topological polar surface area (TPSA) is 37.4 Å². The fourth-order valence-electron chi connectivity index (χ4n) is 0.988. The van der Waals surface area contributed by atoms with Crippen LogP contribution in [0.15, 0.2) is 24.3 Å². The zero-order valence-electron chi connectivity index (χ0n) is 7.73. The van der Waals surface area contributed by atoms with Crippen molar-refractivity contribution < 1.29 is 4.74 Å². The maximum atomic E-state index is 8.62. The molecule has 0 amide bonds. The van der Waals surface area contributed by atoms with Gasteiger partial charge in [-0.25, -0.2) is 0 Å². The van der Waals surface area contributed by atoms with Gasteiger partial charge in [0.2, 0.25) is 11.1 Å². The van der Waals surface area contributed by atoms with Crippen molar-refractivity contribution in [2.75, 3.05) is 6.61 Å². The van der Waals surface area contributed by atoms with E-state index >= 15 is 0 Å². The number of nitrogens with zero attached hydrogens (tertiary/aromatic N) is 2. The lowest BCUT2D eigenvalue weighted by Gasteiger charge is -2.01. The molecule has 0 aliphatic carbocycles. The van der Waals surface area contributed by atoms with Gasteiger partial charge in [0.05, 0.1) is 6.61 Å². The van der Waals surface area contributed by atoms with Gasteiger partial charge in [0.15, 0.2) is 4.98 Å². The molecule has 1 aromatic rings. The summed E-state index contributed by atoms with van der Waals surface area (Å²) in [6, 6.07) is 7.17. The molecule has 1 aromatic carbocycles. The molecule has 0 fully saturated rings. The lowest BCUT2D eigenvalue weighted by atomic mass is 10.3. The maximum Gasteiger partial charge on any atom is 0.426 e. The minimum absolute atomic E-state index is 0.485. The van der Waals surface area contributed by atoms with Gasteiger partial charge in [-0.2, -0.15) is 0 Å². The molecular weight excluding hydrogens is 164 g/mol. The molecule has 0 heterocycles. The van der Waals surface area contributed by atoms with Crippen LogP contribution < -0.4 is 4.74 Å². The molecule has 1 rings (SSSR count). The molecule has 0 atom stereocenters. The third kappa shape index (κ3) is 2.75. The van der Waals surface area contributed by atoms with Crippen LogP contribution in [-0.4, -0.2) is 6.61 Å². The quantitative estimate of drug-likeness (QED) is 0.522. The van der Waals surface area contributed by atoms with Crippen molar-refractivity contribution in [1.29, 1.82) is 5.39 Å². The van der Waals surface area contributed by atoms with Crippen LogP contribution in [0.25, 0.3) is 4.98 Å². The second-order valence-electron chi connectivity index (χ2n) is 2.77. The second kappa shape index (κ2) is 5.15. The Morgan fingerprint density at radius 3 is 2.85 bits per heavy atom. The van der Waals surface area contributed by atoms with Crippen LogP contribution in [0.1, 0.15) is 19.8 Å². The van der Waals surface area contributed by atoms with E-state index in [1.54, 1.807) is 12.1 Å². The molecule has 0 radical (unpaired) electrons. The van der Waals surface area contributed by atoms with E-state index in [-0.39, 0.29) is 0 Å². The molecule has 0 aliphatic rings. The number of benzene rings is 1. The molecule has 0 bridgehead atoms. The summed E-state index contributed by atoms with van der Waals surface area (Å²) >= 11 is 0. The molecule has 13 heavy (non-hydrogen) atoms. The van der Waals surface area contributed by atoms with E-state index in [1.165, 1.54) is 0 Å². The predicted octanol–water partition coefficient (Wildman–Crippen LogP) is 3.35. The van der Waals surface area contributed by atoms with Crippen LogP contribution in [0.3, 0.4) is 0 Å². The molecule has 3 heteroatoms. The van der Waals surface area contributed by atoms with Gasteiger partial charge in [0.25, 0.3) is 0 Å². The van der Waals surface area contributed by atoms with E-state index in [2.05, 4.69) is 11.9 Å². The van der Waals surface area contributed by atoms with Crippen molar-refractivity contribution in [1.82, 2.24) is 0 Å². The van der Waals surface area contributed by atoms with E-state index in [9.17, 15) is 0 Å². The van der Waals surface area contributed by atoms with Crippen LogP contribution in [0.2, 0.25) is 0 Å². The highest BCUT2D eigenvalue weighted by molar-refractivity contribution is 5.56. The highest BCUT2D eigenvalue weighted by Crippen LogP contribution is 2.26. The van der Waals surface area contributed by atoms with Crippen molar-refractivity contribution in [3.05, 3.63) is 29.2 Å². The Bertz CT molecular complexity index is 304.